The molecule has 2 aromatic rings. The second-order valence-electron chi connectivity index (χ2n) is 7.74. The van der Waals surface area contributed by atoms with E-state index in [0.29, 0.717) is 38.5 Å². The molecule has 1 saturated heterocycles. The Kier molecular flexibility index (Phi) is 4.80. The molecular weight excluding hydrogens is 370 g/mol. The summed E-state index contributed by atoms with van der Waals surface area (Å²) in [6.45, 7) is 4.33. The van der Waals surface area contributed by atoms with E-state index >= 15 is 0 Å². The van der Waals surface area contributed by atoms with Gasteiger partial charge in [-0.3, -0.25) is 4.79 Å². The van der Waals surface area contributed by atoms with Crippen molar-refractivity contribution in [3.05, 3.63) is 46.4 Å². The Labute approximate surface area is 160 Å². The van der Waals surface area contributed by atoms with Gasteiger partial charge in [0, 0.05) is 37.7 Å². The molecule has 2 heterocycles. The molecule has 0 radical (unpaired) electrons. The molecule has 28 heavy (non-hydrogen) atoms. The molecule has 2 aliphatic rings. The first-order chi connectivity index (χ1) is 13.3. The number of halogens is 2. The predicted molar refractivity (Wildman–Crippen MR) is 98.2 cm³/mol. The van der Waals surface area contributed by atoms with E-state index in [0.717, 1.165) is 35.7 Å². The lowest BCUT2D eigenvalue weighted by Gasteiger charge is -2.33. The van der Waals surface area contributed by atoms with Gasteiger partial charge >= 0.3 is 5.56 Å². The number of anilines is 1. The van der Waals surface area contributed by atoms with E-state index in [1.54, 1.807) is 0 Å². The van der Waals surface area contributed by atoms with Crippen LogP contribution in [-0.4, -0.2) is 52.8 Å². The van der Waals surface area contributed by atoms with Crippen molar-refractivity contribution in [3.63, 3.8) is 0 Å². The highest BCUT2D eigenvalue weighted by molar-refractivity contribution is 5.57. The highest BCUT2D eigenvalue weighted by atomic mass is 19.1. The molecule has 0 bridgehead atoms. The number of rotatable bonds is 5. The molecule has 1 aliphatic carbocycles. The van der Waals surface area contributed by atoms with Crippen molar-refractivity contribution in [1.82, 2.24) is 14.8 Å². The summed E-state index contributed by atoms with van der Waals surface area (Å²) < 4.78 is 34.1. The summed E-state index contributed by atoms with van der Waals surface area (Å²) in [6.07, 6.45) is 3.53. The second kappa shape index (κ2) is 7.14. The molecule has 7 nitrogen and oxygen atoms in total. The van der Waals surface area contributed by atoms with Gasteiger partial charge in [0.05, 0.1) is 18.5 Å². The zero-order valence-electron chi connectivity index (χ0n) is 15.6. The van der Waals surface area contributed by atoms with E-state index in [-0.39, 0.29) is 16.9 Å². The Morgan fingerprint density at radius 3 is 2.39 bits per heavy atom. The maximum atomic E-state index is 13.6. The third-order valence-electron chi connectivity index (χ3n) is 5.27. The first-order valence-electron chi connectivity index (χ1n) is 9.25. The fourth-order valence-corrected chi connectivity index (χ4v) is 3.18. The van der Waals surface area contributed by atoms with Crippen molar-refractivity contribution in [2.45, 2.75) is 19.8 Å². The van der Waals surface area contributed by atoms with Crippen molar-refractivity contribution in [2.75, 3.05) is 37.7 Å². The number of hydrogen-bond acceptors (Lipinski definition) is 6. The van der Waals surface area contributed by atoms with Gasteiger partial charge in [0.1, 0.15) is 17.3 Å². The molecule has 0 amide bonds. The normalized spacial score (nSPS) is 18.9. The zero-order valence-corrected chi connectivity index (χ0v) is 15.6. The van der Waals surface area contributed by atoms with Gasteiger partial charge in [-0.25, -0.2) is 8.78 Å². The minimum absolute atomic E-state index is 0.00305. The van der Waals surface area contributed by atoms with Crippen molar-refractivity contribution < 1.29 is 18.7 Å². The highest BCUT2D eigenvalue weighted by Gasteiger charge is 2.39. The van der Waals surface area contributed by atoms with Crippen molar-refractivity contribution in [3.8, 4) is 11.4 Å². The van der Waals surface area contributed by atoms with Gasteiger partial charge in [-0.1, -0.05) is 6.92 Å². The Morgan fingerprint density at radius 1 is 1.14 bits per heavy atom. The number of aromatic nitrogens is 2. The molecule has 1 saturated carbocycles. The summed E-state index contributed by atoms with van der Waals surface area (Å²) in [5.41, 5.74) is -0.00240. The van der Waals surface area contributed by atoms with Gasteiger partial charge in [0.15, 0.2) is 0 Å². The first-order valence-corrected chi connectivity index (χ1v) is 9.25. The number of nitrogens with zero attached hydrogens (tertiary/aromatic N) is 4. The molecule has 150 valence electrons. The summed E-state index contributed by atoms with van der Waals surface area (Å²) in [4.78, 5) is 15.0. The lowest BCUT2D eigenvalue weighted by molar-refractivity contribution is -0.0936. The van der Waals surface area contributed by atoms with E-state index < -0.39 is 17.2 Å². The fourth-order valence-electron chi connectivity index (χ4n) is 3.18. The van der Waals surface area contributed by atoms with Crippen LogP contribution < -0.4 is 15.2 Å². The molecule has 0 unspecified atom stereocenters. The highest BCUT2D eigenvalue weighted by Crippen LogP contribution is 2.45. The molecule has 0 spiro atoms. The molecule has 1 aromatic carbocycles. The van der Waals surface area contributed by atoms with Crippen LogP contribution in [0.1, 0.15) is 19.8 Å². The SMILES string of the molecule is CC1(COc2c(N3CCN(O)CC3)cnn(-c3cc(F)cc(F)c3)c2=O)CC1. The molecular formula is C19H22F2N4O3. The minimum atomic E-state index is -0.792. The monoisotopic (exact) mass is 392 g/mol. The second-order valence-corrected chi connectivity index (χ2v) is 7.74. The van der Waals surface area contributed by atoms with Crippen LogP contribution in [0, 0.1) is 17.0 Å². The van der Waals surface area contributed by atoms with Crippen LogP contribution in [0.4, 0.5) is 14.5 Å². The van der Waals surface area contributed by atoms with Crippen molar-refractivity contribution in [1.29, 1.82) is 0 Å². The van der Waals surface area contributed by atoms with E-state index in [1.165, 1.54) is 11.3 Å². The Morgan fingerprint density at radius 2 is 1.79 bits per heavy atom. The van der Waals surface area contributed by atoms with Crippen LogP contribution >= 0.6 is 0 Å². The largest absolute Gasteiger partial charge is 0.486 e. The van der Waals surface area contributed by atoms with E-state index in [2.05, 4.69) is 12.0 Å². The van der Waals surface area contributed by atoms with Gasteiger partial charge in [-0.15, -0.1) is 0 Å². The van der Waals surface area contributed by atoms with Crippen molar-refractivity contribution in [2.24, 2.45) is 5.41 Å². The summed E-state index contributed by atoms with van der Waals surface area (Å²) in [7, 11) is 0. The van der Waals surface area contributed by atoms with Crippen LogP contribution in [0.25, 0.3) is 5.69 Å². The zero-order chi connectivity index (χ0) is 19.9. The van der Waals surface area contributed by atoms with Crippen LogP contribution in [0.15, 0.2) is 29.2 Å². The standard InChI is InChI=1S/C19H22F2N4O3/c1-19(2-3-19)12-28-17-16(23-4-6-24(27)7-5-23)11-22-25(18(17)26)15-9-13(20)8-14(21)10-15/h8-11,27H,2-7,12H2,1H3. The van der Waals surface area contributed by atoms with Crippen LogP contribution in [0.5, 0.6) is 5.75 Å². The Hall–Kier alpha value is -2.52. The summed E-state index contributed by atoms with van der Waals surface area (Å²) >= 11 is 0. The third kappa shape index (κ3) is 3.85. The fraction of sp³-hybridized carbons (Fsp3) is 0.474. The third-order valence-corrected chi connectivity index (χ3v) is 5.27. The van der Waals surface area contributed by atoms with Gasteiger partial charge in [0.2, 0.25) is 5.75 Å². The van der Waals surface area contributed by atoms with Crippen molar-refractivity contribution >= 4 is 5.69 Å². The van der Waals surface area contributed by atoms with Gasteiger partial charge in [-0.05, 0) is 25.0 Å². The molecule has 9 heteroatoms. The first kappa shape index (κ1) is 18.8. The predicted octanol–water partition coefficient (Wildman–Crippen LogP) is 2.20. The smallest absolute Gasteiger partial charge is 0.316 e. The quantitative estimate of drug-likeness (QED) is 0.841. The number of benzene rings is 1. The Balaban J connectivity index is 1.74. The topological polar surface area (TPSA) is 70.8 Å². The molecule has 0 atom stereocenters. The lowest BCUT2D eigenvalue weighted by Crippen LogP contribution is -2.45. The van der Waals surface area contributed by atoms with Crippen LogP contribution in [0.3, 0.4) is 0 Å². The van der Waals surface area contributed by atoms with Gasteiger partial charge < -0.3 is 14.8 Å². The number of hydrogen-bond donors (Lipinski definition) is 1. The molecule has 2 fully saturated rings. The number of piperazine rings is 1. The maximum Gasteiger partial charge on any atom is 0.316 e. The summed E-state index contributed by atoms with van der Waals surface area (Å²) in [5.74, 6) is -1.47. The lowest BCUT2D eigenvalue weighted by atomic mass is 10.2. The molecule has 1 N–H and O–H groups in total. The average Bonchev–Trinajstić information content (AvgIpc) is 3.38. The number of hydroxylamine groups is 2. The Bertz CT molecular complexity index is 917. The summed E-state index contributed by atoms with van der Waals surface area (Å²) in [6, 6.07) is 2.84. The molecule has 4 rings (SSSR count). The maximum absolute atomic E-state index is 13.6. The number of ether oxygens (including phenoxy) is 1. The van der Waals surface area contributed by atoms with Gasteiger partial charge in [0.25, 0.3) is 0 Å². The van der Waals surface area contributed by atoms with E-state index in [9.17, 15) is 18.8 Å². The van der Waals surface area contributed by atoms with Crippen LogP contribution in [-0.2, 0) is 0 Å². The van der Waals surface area contributed by atoms with Gasteiger partial charge in [-0.2, -0.15) is 14.8 Å². The van der Waals surface area contributed by atoms with Crippen LogP contribution in [0.2, 0.25) is 0 Å². The van der Waals surface area contributed by atoms with E-state index in [4.69, 9.17) is 4.74 Å². The molecule has 1 aromatic heterocycles. The van der Waals surface area contributed by atoms with E-state index in [1.807, 2.05) is 4.90 Å². The summed E-state index contributed by atoms with van der Waals surface area (Å²) in [5, 5.41) is 14.9. The minimum Gasteiger partial charge on any atom is -0.486 e. The average molecular weight is 392 g/mol. The molecule has 1 aliphatic heterocycles.